The molecule has 1 fully saturated rings. The van der Waals surface area contributed by atoms with E-state index in [-0.39, 0.29) is 11.9 Å². The van der Waals surface area contributed by atoms with Gasteiger partial charge in [-0.3, -0.25) is 13.9 Å². The molecule has 1 amide bonds. The minimum absolute atomic E-state index is 0.0118. The number of hydrogen-bond donors (Lipinski definition) is 3. The van der Waals surface area contributed by atoms with Gasteiger partial charge in [0, 0.05) is 30.7 Å². The van der Waals surface area contributed by atoms with Crippen molar-refractivity contribution < 1.29 is 23.2 Å². The van der Waals surface area contributed by atoms with Crippen LogP contribution in [0.3, 0.4) is 0 Å². The van der Waals surface area contributed by atoms with Gasteiger partial charge in [0.05, 0.1) is 11.3 Å². The van der Waals surface area contributed by atoms with Gasteiger partial charge in [-0.2, -0.15) is 15.7 Å². The number of H-pyrrole nitrogens is 1. The second kappa shape index (κ2) is 7.42. The summed E-state index contributed by atoms with van der Waals surface area (Å²) in [5.41, 5.74) is 4.43. The fourth-order valence-corrected chi connectivity index (χ4v) is 5.92. The van der Waals surface area contributed by atoms with Crippen molar-refractivity contribution >= 4 is 27.9 Å². The smallest absolute Gasteiger partial charge is 0.299 e. The zero-order valence-corrected chi connectivity index (χ0v) is 17.2. The van der Waals surface area contributed by atoms with E-state index in [1.807, 2.05) is 47.7 Å². The third-order valence-electron chi connectivity index (χ3n) is 5.68. The molecule has 150 valence electrons. The van der Waals surface area contributed by atoms with Crippen LogP contribution < -0.4 is 4.68 Å². The first-order chi connectivity index (χ1) is 13.3. The van der Waals surface area contributed by atoms with E-state index in [0.29, 0.717) is 22.9 Å². The Hall–Kier alpha value is -2.03. The number of rotatable bonds is 2. The van der Waals surface area contributed by atoms with Gasteiger partial charge in [0.25, 0.3) is 5.91 Å². The standard InChI is InChI=1S/C20H26N4O3S/c1-23(2)15-9-7-14(8-10-15)21-20(25)19-17-5-3-4-6-18(17)24(22-19)16-11-12-28(26,27)13-16/h7-10,16H,3-6,11-13H2,1-2H3,(H-,26,27)/p+2/t16-/m1/s1. The average Bonchev–Trinajstić information content (AvgIpc) is 3.22. The van der Waals surface area contributed by atoms with Crippen LogP contribution in [-0.4, -0.2) is 61.7 Å². The maximum absolute atomic E-state index is 12.9. The van der Waals surface area contributed by atoms with Crippen LogP contribution >= 0.6 is 10.6 Å². The normalized spacial score (nSPS) is 24.2. The summed E-state index contributed by atoms with van der Waals surface area (Å²) in [5.74, 6) is 0.533. The highest BCUT2D eigenvalue weighted by Gasteiger charge is 2.40. The van der Waals surface area contributed by atoms with Crippen LogP contribution in [0.25, 0.3) is 0 Å². The lowest BCUT2D eigenvalue weighted by Crippen LogP contribution is -2.45. The summed E-state index contributed by atoms with van der Waals surface area (Å²) >= 11 is 0. The van der Waals surface area contributed by atoms with Crippen molar-refractivity contribution in [2.24, 2.45) is 4.99 Å². The van der Waals surface area contributed by atoms with Gasteiger partial charge in [0.15, 0.2) is 11.4 Å². The molecule has 1 aromatic heterocycles. The third kappa shape index (κ3) is 3.76. The molecule has 0 saturated carbocycles. The molecule has 1 aliphatic heterocycles. The fraction of sp³-hybridized carbons (Fsp3) is 0.500. The number of aromatic nitrogens is 2. The van der Waals surface area contributed by atoms with E-state index in [4.69, 9.17) is 0 Å². The van der Waals surface area contributed by atoms with Gasteiger partial charge >= 0.3 is 0 Å². The van der Waals surface area contributed by atoms with E-state index in [2.05, 4.69) is 10.1 Å². The summed E-state index contributed by atoms with van der Waals surface area (Å²) in [6, 6.07) is 0.0118. The summed E-state index contributed by atoms with van der Waals surface area (Å²) in [6.07, 6.45) is 12.2. The highest BCUT2D eigenvalue weighted by Crippen LogP contribution is 2.48. The predicted molar refractivity (Wildman–Crippen MR) is 111 cm³/mol. The summed E-state index contributed by atoms with van der Waals surface area (Å²) in [7, 11) is 1.45. The third-order valence-corrected chi connectivity index (χ3v) is 7.48. The molecule has 3 N–H and O–H groups in total. The van der Waals surface area contributed by atoms with Gasteiger partial charge in [-0.05, 0) is 31.4 Å². The second-order valence-corrected chi connectivity index (χ2v) is 10.3. The Morgan fingerprint density at radius 2 is 1.93 bits per heavy atom. The Bertz CT molecular complexity index is 917. The van der Waals surface area contributed by atoms with Crippen molar-refractivity contribution in [1.82, 2.24) is 5.10 Å². The molecule has 2 heterocycles. The number of fused-ring (bicyclic) bond motifs is 1. The van der Waals surface area contributed by atoms with Crippen molar-refractivity contribution in [2.45, 2.75) is 38.1 Å². The number of nitrogens with one attached hydrogen (secondary N) is 1. The topological polar surface area (TPSA) is 92.6 Å². The Morgan fingerprint density at radius 3 is 2.57 bits per heavy atom. The lowest BCUT2D eigenvalue weighted by atomic mass is 9.95. The minimum atomic E-state index is -2.49. The quantitative estimate of drug-likeness (QED) is 0.522. The van der Waals surface area contributed by atoms with Gasteiger partial charge in [-0.25, -0.2) is 9.57 Å². The molecule has 0 aromatic carbocycles. The average molecular weight is 405 g/mol. The predicted octanol–water partition coefficient (Wildman–Crippen LogP) is 2.30. The number of carbonyl (C=O) groups excluding carboxylic acids is 1. The Balaban J connectivity index is 1.64. The maximum Gasteiger partial charge on any atom is 0.299 e. The number of allylic oxidation sites excluding steroid dienone is 4. The van der Waals surface area contributed by atoms with Crippen LogP contribution in [0.4, 0.5) is 0 Å². The molecule has 0 unspecified atom stereocenters. The van der Waals surface area contributed by atoms with E-state index >= 15 is 0 Å². The van der Waals surface area contributed by atoms with Gasteiger partial charge < -0.3 is 0 Å². The summed E-state index contributed by atoms with van der Waals surface area (Å²) in [6.45, 7) is 0. The molecular weight excluding hydrogens is 376 g/mol. The molecule has 0 spiro atoms. The monoisotopic (exact) mass is 404 g/mol. The fourth-order valence-electron chi connectivity index (χ4n) is 4.17. The molecule has 1 saturated heterocycles. The highest BCUT2D eigenvalue weighted by atomic mass is 32.3. The van der Waals surface area contributed by atoms with E-state index < -0.39 is 10.6 Å². The molecule has 0 bridgehead atoms. The summed E-state index contributed by atoms with van der Waals surface area (Å²) in [5, 5.41) is 3.28. The number of hydrogen-bond acceptors (Lipinski definition) is 3. The molecule has 3 aliphatic rings. The SMILES string of the molecule is C[N+](C)=C1C=CC(=NC(=O)c2[nH][n+]([C@@H]3CCS(O)(O)C3)c3c2CCCC3)C=C1. The van der Waals surface area contributed by atoms with E-state index in [9.17, 15) is 13.9 Å². The van der Waals surface area contributed by atoms with Crippen LogP contribution in [0.5, 0.6) is 0 Å². The van der Waals surface area contributed by atoms with Crippen molar-refractivity contribution in [3.63, 3.8) is 0 Å². The van der Waals surface area contributed by atoms with Crippen LogP contribution in [-0.2, 0) is 12.8 Å². The number of aromatic amines is 1. The zero-order valence-electron chi connectivity index (χ0n) is 16.4. The van der Waals surface area contributed by atoms with Gasteiger partial charge in [-0.1, -0.05) is 0 Å². The highest BCUT2D eigenvalue weighted by molar-refractivity contribution is 8.24. The van der Waals surface area contributed by atoms with Crippen LogP contribution in [0, 0.1) is 0 Å². The molecule has 1 aromatic rings. The number of carbonyl (C=O) groups is 1. The molecule has 28 heavy (non-hydrogen) atoms. The molecule has 1 atom stereocenters. The maximum atomic E-state index is 12.9. The summed E-state index contributed by atoms with van der Waals surface area (Å²) in [4.78, 5) is 17.3. The first-order valence-corrected chi connectivity index (χ1v) is 11.6. The Labute approximate surface area is 166 Å². The summed E-state index contributed by atoms with van der Waals surface area (Å²) < 4.78 is 24.1. The molecule has 4 rings (SSSR count). The molecule has 0 radical (unpaired) electrons. The first kappa shape index (κ1) is 19.3. The van der Waals surface area contributed by atoms with Crippen molar-refractivity contribution in [3.05, 3.63) is 41.3 Å². The molecular formula is C20H28N4O3S+2. The van der Waals surface area contributed by atoms with Gasteiger partial charge in [0.2, 0.25) is 11.7 Å². The first-order valence-electron chi connectivity index (χ1n) is 9.76. The van der Waals surface area contributed by atoms with E-state index in [0.717, 1.165) is 49.1 Å². The van der Waals surface area contributed by atoms with Crippen molar-refractivity contribution in [3.8, 4) is 0 Å². The van der Waals surface area contributed by atoms with Crippen LogP contribution in [0.2, 0.25) is 0 Å². The van der Waals surface area contributed by atoms with Crippen molar-refractivity contribution in [2.75, 3.05) is 25.6 Å². The Morgan fingerprint density at radius 1 is 1.21 bits per heavy atom. The van der Waals surface area contributed by atoms with Crippen molar-refractivity contribution in [1.29, 1.82) is 0 Å². The zero-order chi connectivity index (χ0) is 19.9. The molecule has 7 nitrogen and oxygen atoms in total. The second-order valence-electron chi connectivity index (χ2n) is 7.93. The number of nitrogens with zero attached hydrogens (tertiary/aromatic N) is 3. The number of aliphatic imine (C=N–C) groups is 1. The van der Waals surface area contributed by atoms with Gasteiger partial charge in [0.1, 0.15) is 19.8 Å². The van der Waals surface area contributed by atoms with Gasteiger partial charge in [-0.15, -0.1) is 4.68 Å². The van der Waals surface area contributed by atoms with Crippen LogP contribution in [0.1, 0.15) is 47.1 Å². The molecule has 8 heteroatoms. The lowest BCUT2D eigenvalue weighted by molar-refractivity contribution is -0.775. The van der Waals surface area contributed by atoms with Crippen LogP contribution in [0.15, 0.2) is 29.3 Å². The lowest BCUT2D eigenvalue weighted by Gasteiger charge is -2.24. The number of amides is 1. The van der Waals surface area contributed by atoms with E-state index in [1.54, 1.807) is 0 Å². The minimum Gasteiger partial charge on any atom is -0.299 e. The molecule has 2 aliphatic carbocycles. The largest absolute Gasteiger partial charge is 0.299 e. The Kier molecular flexibility index (Phi) is 5.11. The van der Waals surface area contributed by atoms with E-state index in [1.165, 1.54) is 0 Å².